The summed E-state index contributed by atoms with van der Waals surface area (Å²) in [5, 5.41) is 0. The van der Waals surface area contributed by atoms with Crippen LogP contribution >= 0.6 is 0 Å². The molecular formula is C23H30N4O2. The number of rotatable bonds is 5. The van der Waals surface area contributed by atoms with Crippen molar-refractivity contribution in [2.24, 2.45) is 0 Å². The summed E-state index contributed by atoms with van der Waals surface area (Å²) in [6, 6.07) is 8.32. The Kier molecular flexibility index (Phi) is 6.11. The molecule has 0 radical (unpaired) electrons. The largest absolute Gasteiger partial charge is 0.497 e. The number of anilines is 1. The maximum atomic E-state index is 5.50. The zero-order valence-electron chi connectivity index (χ0n) is 17.6. The van der Waals surface area contributed by atoms with Gasteiger partial charge in [0.25, 0.3) is 0 Å². The zero-order valence-corrected chi connectivity index (χ0v) is 17.6. The van der Waals surface area contributed by atoms with Crippen LogP contribution in [0.15, 0.2) is 30.3 Å². The molecule has 0 N–H and O–H groups in total. The highest BCUT2D eigenvalue weighted by Gasteiger charge is 2.20. The molecule has 6 nitrogen and oxygen atoms in total. The van der Waals surface area contributed by atoms with Gasteiger partial charge in [-0.3, -0.25) is 4.90 Å². The van der Waals surface area contributed by atoms with Crippen molar-refractivity contribution in [2.75, 3.05) is 51.4 Å². The van der Waals surface area contributed by atoms with E-state index in [4.69, 9.17) is 19.4 Å². The fourth-order valence-electron chi connectivity index (χ4n) is 3.89. The molecule has 0 bridgehead atoms. The highest BCUT2D eigenvalue weighted by Crippen LogP contribution is 2.26. The van der Waals surface area contributed by atoms with Crippen LogP contribution in [0.1, 0.15) is 29.1 Å². The molecule has 3 heterocycles. The van der Waals surface area contributed by atoms with Crippen LogP contribution in [0, 0.1) is 13.8 Å². The van der Waals surface area contributed by atoms with Crippen LogP contribution in [-0.4, -0.2) is 61.4 Å². The van der Waals surface area contributed by atoms with E-state index in [1.165, 1.54) is 16.7 Å². The molecule has 1 aromatic carbocycles. The van der Waals surface area contributed by atoms with E-state index in [0.29, 0.717) is 0 Å². The van der Waals surface area contributed by atoms with Gasteiger partial charge in [0.1, 0.15) is 11.6 Å². The van der Waals surface area contributed by atoms with Gasteiger partial charge >= 0.3 is 0 Å². The van der Waals surface area contributed by atoms with Gasteiger partial charge in [0, 0.05) is 44.0 Å². The minimum Gasteiger partial charge on any atom is -0.497 e. The minimum atomic E-state index is 0.765. The van der Waals surface area contributed by atoms with Crippen molar-refractivity contribution in [1.29, 1.82) is 0 Å². The number of hydrogen-bond acceptors (Lipinski definition) is 6. The van der Waals surface area contributed by atoms with Crippen LogP contribution in [0.25, 0.3) is 5.57 Å². The van der Waals surface area contributed by atoms with Crippen molar-refractivity contribution >= 4 is 11.4 Å². The Morgan fingerprint density at radius 3 is 2.45 bits per heavy atom. The Hall–Kier alpha value is -2.44. The SMILES string of the molecule is COc1ccc(CN2CC=C(c3nc(C)c(C)c(N4CCOCC4)n3)CC2)cc1. The van der Waals surface area contributed by atoms with E-state index < -0.39 is 0 Å². The summed E-state index contributed by atoms with van der Waals surface area (Å²) in [5.74, 6) is 2.86. The Bertz CT molecular complexity index is 873. The quantitative estimate of drug-likeness (QED) is 0.776. The van der Waals surface area contributed by atoms with Gasteiger partial charge in [-0.25, -0.2) is 9.97 Å². The molecule has 0 aliphatic carbocycles. The number of aryl methyl sites for hydroxylation is 1. The first-order valence-corrected chi connectivity index (χ1v) is 10.4. The third-order valence-electron chi connectivity index (χ3n) is 5.82. The predicted molar refractivity (Wildman–Crippen MR) is 115 cm³/mol. The summed E-state index contributed by atoms with van der Waals surface area (Å²) < 4.78 is 10.7. The molecule has 1 saturated heterocycles. The van der Waals surface area contributed by atoms with Gasteiger partial charge in [0.2, 0.25) is 0 Å². The molecule has 2 aromatic rings. The molecule has 0 unspecified atom stereocenters. The molecule has 0 atom stereocenters. The van der Waals surface area contributed by atoms with E-state index in [2.05, 4.69) is 41.9 Å². The van der Waals surface area contributed by atoms with E-state index in [1.54, 1.807) is 7.11 Å². The Morgan fingerprint density at radius 2 is 1.79 bits per heavy atom. The van der Waals surface area contributed by atoms with Gasteiger partial charge in [0.15, 0.2) is 5.82 Å². The number of benzene rings is 1. The number of nitrogens with zero attached hydrogens (tertiary/aromatic N) is 4. The molecule has 2 aliphatic rings. The maximum absolute atomic E-state index is 5.50. The summed E-state index contributed by atoms with van der Waals surface area (Å²) in [7, 11) is 1.70. The standard InChI is InChI=1S/C23H30N4O2/c1-17-18(2)24-22(25-23(17)27-12-14-29-15-13-27)20-8-10-26(11-9-20)16-19-4-6-21(28-3)7-5-19/h4-8H,9-16H2,1-3H3. The van der Waals surface area contributed by atoms with Crippen molar-refractivity contribution in [2.45, 2.75) is 26.8 Å². The summed E-state index contributed by atoms with van der Waals surface area (Å²) in [4.78, 5) is 14.6. The van der Waals surface area contributed by atoms with E-state index in [-0.39, 0.29) is 0 Å². The highest BCUT2D eigenvalue weighted by molar-refractivity contribution is 5.64. The molecular weight excluding hydrogens is 364 g/mol. The molecule has 1 aromatic heterocycles. The van der Waals surface area contributed by atoms with Crippen LogP contribution in [0.2, 0.25) is 0 Å². The molecule has 0 amide bonds. The topological polar surface area (TPSA) is 50.7 Å². The fraction of sp³-hybridized carbons (Fsp3) is 0.478. The maximum Gasteiger partial charge on any atom is 0.157 e. The number of aromatic nitrogens is 2. The molecule has 0 spiro atoms. The third kappa shape index (κ3) is 4.60. The van der Waals surface area contributed by atoms with Crippen molar-refractivity contribution < 1.29 is 9.47 Å². The minimum absolute atomic E-state index is 0.765. The fourth-order valence-corrected chi connectivity index (χ4v) is 3.89. The molecule has 2 aliphatic heterocycles. The van der Waals surface area contributed by atoms with Crippen LogP contribution < -0.4 is 9.64 Å². The van der Waals surface area contributed by atoms with Crippen molar-refractivity contribution in [3.8, 4) is 5.75 Å². The van der Waals surface area contributed by atoms with E-state index >= 15 is 0 Å². The number of methoxy groups -OCH3 is 1. The lowest BCUT2D eigenvalue weighted by Gasteiger charge is -2.30. The Balaban J connectivity index is 1.47. The van der Waals surface area contributed by atoms with Gasteiger partial charge < -0.3 is 14.4 Å². The van der Waals surface area contributed by atoms with E-state index in [0.717, 1.165) is 75.4 Å². The normalized spacial score (nSPS) is 17.9. The van der Waals surface area contributed by atoms with Gasteiger partial charge in [-0.2, -0.15) is 0 Å². The summed E-state index contributed by atoms with van der Waals surface area (Å²) in [6.45, 7) is 10.4. The van der Waals surface area contributed by atoms with Gasteiger partial charge in [0.05, 0.1) is 20.3 Å². The molecule has 4 rings (SSSR count). The summed E-state index contributed by atoms with van der Waals surface area (Å²) in [5.41, 5.74) is 4.81. The molecule has 1 fully saturated rings. The van der Waals surface area contributed by atoms with E-state index in [9.17, 15) is 0 Å². The van der Waals surface area contributed by atoms with Crippen LogP contribution in [0.4, 0.5) is 5.82 Å². The summed E-state index contributed by atoms with van der Waals surface area (Å²) >= 11 is 0. The zero-order chi connectivity index (χ0) is 20.2. The second-order valence-electron chi connectivity index (χ2n) is 7.74. The van der Waals surface area contributed by atoms with Gasteiger partial charge in [-0.05, 0) is 43.5 Å². The predicted octanol–water partition coefficient (Wildman–Crippen LogP) is 3.23. The van der Waals surface area contributed by atoms with Crippen molar-refractivity contribution in [3.05, 3.63) is 53.0 Å². The second kappa shape index (κ2) is 8.93. The van der Waals surface area contributed by atoms with Gasteiger partial charge in [-0.1, -0.05) is 18.2 Å². The van der Waals surface area contributed by atoms with Crippen LogP contribution in [0.5, 0.6) is 5.75 Å². The molecule has 0 saturated carbocycles. The summed E-state index contributed by atoms with van der Waals surface area (Å²) in [6.07, 6.45) is 3.27. The van der Waals surface area contributed by atoms with E-state index in [1.807, 2.05) is 12.1 Å². The Labute approximate surface area is 173 Å². The van der Waals surface area contributed by atoms with Crippen LogP contribution in [0.3, 0.4) is 0 Å². The lowest BCUT2D eigenvalue weighted by Crippen LogP contribution is -2.37. The number of morpholine rings is 1. The first kappa shape index (κ1) is 19.9. The average molecular weight is 395 g/mol. The number of hydrogen-bond donors (Lipinski definition) is 0. The van der Waals surface area contributed by atoms with Crippen molar-refractivity contribution in [1.82, 2.24) is 14.9 Å². The van der Waals surface area contributed by atoms with Crippen LogP contribution in [-0.2, 0) is 11.3 Å². The number of ether oxygens (including phenoxy) is 2. The van der Waals surface area contributed by atoms with Gasteiger partial charge in [-0.15, -0.1) is 0 Å². The third-order valence-corrected chi connectivity index (χ3v) is 5.82. The molecule has 29 heavy (non-hydrogen) atoms. The lowest BCUT2D eigenvalue weighted by atomic mass is 10.1. The monoisotopic (exact) mass is 394 g/mol. The molecule has 6 heteroatoms. The first-order chi connectivity index (χ1) is 14.1. The second-order valence-corrected chi connectivity index (χ2v) is 7.74. The highest BCUT2D eigenvalue weighted by atomic mass is 16.5. The lowest BCUT2D eigenvalue weighted by molar-refractivity contribution is 0.122. The smallest absolute Gasteiger partial charge is 0.157 e. The molecule has 154 valence electrons. The first-order valence-electron chi connectivity index (χ1n) is 10.4. The van der Waals surface area contributed by atoms with Crippen molar-refractivity contribution in [3.63, 3.8) is 0 Å². The Morgan fingerprint density at radius 1 is 1.03 bits per heavy atom. The average Bonchev–Trinajstić information content (AvgIpc) is 2.77.